The van der Waals surface area contributed by atoms with Crippen molar-refractivity contribution < 1.29 is 14.6 Å². The first-order valence-electron chi connectivity index (χ1n) is 2.38. The van der Waals surface area contributed by atoms with Gasteiger partial charge in [-0.05, 0) is 0 Å². The molecule has 0 fully saturated rings. The van der Waals surface area contributed by atoms with Crippen molar-refractivity contribution in [3.8, 4) is 0 Å². The Morgan fingerprint density at radius 1 is 1.50 bits per heavy atom. The SMILES string of the molecule is CC1(CO)OC=CO1. The molecule has 0 atom stereocenters. The number of aliphatic hydroxyl groups excluding tert-OH is 1. The molecule has 1 rings (SSSR count). The number of rotatable bonds is 1. The van der Waals surface area contributed by atoms with Gasteiger partial charge in [0.2, 0.25) is 0 Å². The van der Waals surface area contributed by atoms with Crippen LogP contribution in [0.4, 0.5) is 0 Å². The van der Waals surface area contributed by atoms with Crippen molar-refractivity contribution in [2.24, 2.45) is 0 Å². The van der Waals surface area contributed by atoms with Gasteiger partial charge in [-0.2, -0.15) is 0 Å². The molecular weight excluding hydrogens is 108 g/mol. The Morgan fingerprint density at radius 2 is 2.00 bits per heavy atom. The van der Waals surface area contributed by atoms with Crippen molar-refractivity contribution in [2.45, 2.75) is 12.7 Å². The van der Waals surface area contributed by atoms with E-state index in [2.05, 4.69) is 0 Å². The van der Waals surface area contributed by atoms with Crippen LogP contribution >= 0.6 is 0 Å². The molecule has 0 aromatic rings. The number of aliphatic hydroxyl groups is 1. The Balaban J connectivity index is 2.46. The fourth-order valence-electron chi connectivity index (χ4n) is 0.446. The molecule has 0 aromatic carbocycles. The first-order valence-corrected chi connectivity index (χ1v) is 2.38. The molecule has 0 radical (unpaired) electrons. The first kappa shape index (κ1) is 5.44. The molecule has 46 valence electrons. The van der Waals surface area contributed by atoms with Crippen molar-refractivity contribution in [2.75, 3.05) is 6.61 Å². The summed E-state index contributed by atoms with van der Waals surface area (Å²) in [6.07, 6.45) is 2.83. The van der Waals surface area contributed by atoms with Gasteiger partial charge in [0.15, 0.2) is 0 Å². The van der Waals surface area contributed by atoms with E-state index in [1.165, 1.54) is 12.5 Å². The van der Waals surface area contributed by atoms with Crippen LogP contribution < -0.4 is 0 Å². The highest BCUT2D eigenvalue weighted by atomic mass is 16.7. The highest BCUT2D eigenvalue weighted by Crippen LogP contribution is 2.17. The smallest absolute Gasteiger partial charge is 0.270 e. The summed E-state index contributed by atoms with van der Waals surface area (Å²) in [4.78, 5) is 0. The fourth-order valence-corrected chi connectivity index (χ4v) is 0.446. The normalized spacial score (nSPS) is 22.2. The van der Waals surface area contributed by atoms with Gasteiger partial charge in [-0.1, -0.05) is 0 Å². The lowest BCUT2D eigenvalue weighted by atomic mass is 10.4. The molecule has 0 spiro atoms. The second-order valence-electron chi connectivity index (χ2n) is 1.80. The predicted octanol–water partition coefficient (Wildman–Crippen LogP) is 0.213. The van der Waals surface area contributed by atoms with Gasteiger partial charge in [0.25, 0.3) is 5.79 Å². The summed E-state index contributed by atoms with van der Waals surface area (Å²) in [5.74, 6) is -0.819. The summed E-state index contributed by atoms with van der Waals surface area (Å²) in [6.45, 7) is 1.53. The van der Waals surface area contributed by atoms with E-state index in [0.717, 1.165) is 0 Å². The number of ether oxygens (including phenoxy) is 2. The Labute approximate surface area is 47.5 Å². The zero-order chi connectivity index (χ0) is 6.04. The van der Waals surface area contributed by atoms with Crippen LogP contribution in [0.2, 0.25) is 0 Å². The summed E-state index contributed by atoms with van der Waals surface area (Å²) < 4.78 is 9.67. The minimum absolute atomic E-state index is 0.125. The van der Waals surface area contributed by atoms with E-state index < -0.39 is 5.79 Å². The minimum atomic E-state index is -0.819. The Morgan fingerprint density at radius 3 is 2.25 bits per heavy atom. The van der Waals surface area contributed by atoms with Crippen molar-refractivity contribution in [3.63, 3.8) is 0 Å². The van der Waals surface area contributed by atoms with Gasteiger partial charge >= 0.3 is 0 Å². The van der Waals surface area contributed by atoms with Gasteiger partial charge in [-0.25, -0.2) is 0 Å². The highest BCUT2D eigenvalue weighted by Gasteiger charge is 2.27. The average Bonchev–Trinajstić information content (AvgIpc) is 2.17. The average molecular weight is 116 g/mol. The lowest BCUT2D eigenvalue weighted by Crippen LogP contribution is -2.29. The Kier molecular flexibility index (Phi) is 1.13. The maximum atomic E-state index is 8.54. The van der Waals surface area contributed by atoms with Crippen LogP contribution in [0.1, 0.15) is 6.92 Å². The third-order valence-electron chi connectivity index (χ3n) is 0.977. The number of hydrogen-bond acceptors (Lipinski definition) is 3. The van der Waals surface area contributed by atoms with E-state index in [4.69, 9.17) is 14.6 Å². The monoisotopic (exact) mass is 116 g/mol. The van der Waals surface area contributed by atoms with Gasteiger partial charge < -0.3 is 14.6 Å². The van der Waals surface area contributed by atoms with Crippen LogP contribution in [0.3, 0.4) is 0 Å². The molecule has 0 amide bonds. The lowest BCUT2D eigenvalue weighted by Gasteiger charge is -2.18. The maximum absolute atomic E-state index is 8.54. The van der Waals surface area contributed by atoms with Gasteiger partial charge in [0.05, 0.1) is 0 Å². The van der Waals surface area contributed by atoms with Crippen molar-refractivity contribution in [3.05, 3.63) is 12.5 Å². The second kappa shape index (κ2) is 1.67. The highest BCUT2D eigenvalue weighted by molar-refractivity contribution is 4.78. The molecule has 1 N–H and O–H groups in total. The topological polar surface area (TPSA) is 38.7 Å². The minimum Gasteiger partial charge on any atom is -0.455 e. The molecule has 0 saturated carbocycles. The molecule has 0 aliphatic carbocycles. The van der Waals surface area contributed by atoms with Gasteiger partial charge in [0.1, 0.15) is 19.1 Å². The third-order valence-corrected chi connectivity index (χ3v) is 0.977. The van der Waals surface area contributed by atoms with Crippen LogP contribution in [0.25, 0.3) is 0 Å². The van der Waals surface area contributed by atoms with Gasteiger partial charge in [0, 0.05) is 6.92 Å². The van der Waals surface area contributed by atoms with Gasteiger partial charge in [-0.15, -0.1) is 0 Å². The summed E-state index contributed by atoms with van der Waals surface area (Å²) in [5.41, 5.74) is 0. The standard InChI is InChI=1S/C5H8O3/c1-5(4-6)7-2-3-8-5/h2-3,6H,4H2,1H3. The van der Waals surface area contributed by atoms with E-state index >= 15 is 0 Å². The fraction of sp³-hybridized carbons (Fsp3) is 0.600. The summed E-state index contributed by atoms with van der Waals surface area (Å²) in [5, 5.41) is 8.54. The molecule has 1 aliphatic heterocycles. The quantitative estimate of drug-likeness (QED) is 0.532. The van der Waals surface area contributed by atoms with E-state index in [1.54, 1.807) is 6.92 Å². The molecule has 0 saturated heterocycles. The molecule has 1 heterocycles. The van der Waals surface area contributed by atoms with E-state index in [1.807, 2.05) is 0 Å². The van der Waals surface area contributed by atoms with Crippen LogP contribution in [0, 0.1) is 0 Å². The molecule has 0 aromatic heterocycles. The van der Waals surface area contributed by atoms with E-state index in [0.29, 0.717) is 0 Å². The third kappa shape index (κ3) is 0.767. The lowest BCUT2D eigenvalue weighted by molar-refractivity contribution is -0.153. The largest absolute Gasteiger partial charge is 0.455 e. The zero-order valence-corrected chi connectivity index (χ0v) is 4.63. The van der Waals surface area contributed by atoms with E-state index in [9.17, 15) is 0 Å². The van der Waals surface area contributed by atoms with Crippen LogP contribution in [-0.4, -0.2) is 17.5 Å². The van der Waals surface area contributed by atoms with Crippen LogP contribution in [0.15, 0.2) is 12.5 Å². The van der Waals surface area contributed by atoms with Crippen LogP contribution in [-0.2, 0) is 9.47 Å². The second-order valence-corrected chi connectivity index (χ2v) is 1.80. The van der Waals surface area contributed by atoms with Crippen LogP contribution in [0.5, 0.6) is 0 Å². The van der Waals surface area contributed by atoms with Gasteiger partial charge in [-0.3, -0.25) is 0 Å². The molecule has 0 unspecified atom stereocenters. The molecule has 3 nitrogen and oxygen atoms in total. The Hall–Kier alpha value is -0.700. The Bertz CT molecular complexity index is 100. The van der Waals surface area contributed by atoms with Crippen molar-refractivity contribution >= 4 is 0 Å². The zero-order valence-electron chi connectivity index (χ0n) is 4.63. The summed E-state index contributed by atoms with van der Waals surface area (Å²) in [7, 11) is 0. The summed E-state index contributed by atoms with van der Waals surface area (Å²) >= 11 is 0. The maximum Gasteiger partial charge on any atom is 0.270 e. The molecular formula is C5H8O3. The van der Waals surface area contributed by atoms with Crippen molar-refractivity contribution in [1.29, 1.82) is 0 Å². The summed E-state index contributed by atoms with van der Waals surface area (Å²) in [6, 6.07) is 0. The molecule has 3 heteroatoms. The molecule has 1 aliphatic rings. The van der Waals surface area contributed by atoms with E-state index in [-0.39, 0.29) is 6.61 Å². The molecule has 0 bridgehead atoms. The molecule has 8 heavy (non-hydrogen) atoms. The predicted molar refractivity (Wildman–Crippen MR) is 26.8 cm³/mol. The van der Waals surface area contributed by atoms with Crippen molar-refractivity contribution in [1.82, 2.24) is 0 Å². The number of hydrogen-bond donors (Lipinski definition) is 1. The first-order chi connectivity index (χ1) is 3.77.